The van der Waals surface area contributed by atoms with Gasteiger partial charge >= 0.3 is 0 Å². The van der Waals surface area contributed by atoms with Crippen molar-refractivity contribution in [2.75, 3.05) is 0 Å². The maximum Gasteiger partial charge on any atom is 0.134 e. The quantitative estimate of drug-likeness (QED) is 0.818. The zero-order valence-electron chi connectivity index (χ0n) is 8.46. The van der Waals surface area contributed by atoms with Crippen LogP contribution < -0.4 is 5.73 Å². The van der Waals surface area contributed by atoms with Gasteiger partial charge in [-0.15, -0.1) is 0 Å². The Morgan fingerprint density at radius 2 is 2.07 bits per heavy atom. The van der Waals surface area contributed by atoms with E-state index in [1.54, 1.807) is 6.07 Å². The van der Waals surface area contributed by atoms with Crippen molar-refractivity contribution in [3.63, 3.8) is 0 Å². The molecule has 0 radical (unpaired) electrons. The number of nitrogens with two attached hydrogens (primary N) is 1. The third kappa shape index (κ3) is 1.92. The van der Waals surface area contributed by atoms with Crippen LogP contribution in [-0.2, 0) is 6.54 Å². The molecule has 0 saturated carbocycles. The highest BCUT2D eigenvalue weighted by atomic mass is 19.1. The van der Waals surface area contributed by atoms with Crippen LogP contribution in [0.5, 0.6) is 0 Å². The summed E-state index contributed by atoms with van der Waals surface area (Å²) in [5.41, 5.74) is 7.20. The minimum absolute atomic E-state index is 0.234. The molecule has 2 nitrogen and oxygen atoms in total. The van der Waals surface area contributed by atoms with Crippen molar-refractivity contribution >= 4 is 0 Å². The van der Waals surface area contributed by atoms with Crippen LogP contribution in [0.1, 0.15) is 11.3 Å². The summed E-state index contributed by atoms with van der Waals surface area (Å²) in [4.78, 5) is 0. The lowest BCUT2D eigenvalue weighted by atomic mass is 10.1. The molecule has 0 spiro atoms. The molecule has 78 valence electrons. The average molecular weight is 205 g/mol. The predicted octanol–water partition coefficient (Wildman–Crippen LogP) is 2.85. The van der Waals surface area contributed by atoms with E-state index in [0.29, 0.717) is 6.54 Å². The molecule has 1 aromatic heterocycles. The number of hydrogen-bond donors (Lipinski definition) is 1. The minimum atomic E-state index is -0.234. The van der Waals surface area contributed by atoms with Crippen molar-refractivity contribution in [2.45, 2.75) is 13.5 Å². The van der Waals surface area contributed by atoms with Gasteiger partial charge in [-0.05, 0) is 42.8 Å². The van der Waals surface area contributed by atoms with Gasteiger partial charge in [0.1, 0.15) is 17.3 Å². The van der Waals surface area contributed by atoms with Gasteiger partial charge in [0.25, 0.3) is 0 Å². The Labute approximate surface area is 87.5 Å². The van der Waals surface area contributed by atoms with Crippen LogP contribution in [0.3, 0.4) is 0 Å². The summed E-state index contributed by atoms with van der Waals surface area (Å²) in [6.07, 6.45) is 0. The van der Waals surface area contributed by atoms with Crippen LogP contribution in [0, 0.1) is 12.7 Å². The third-order valence-electron chi connectivity index (χ3n) is 2.32. The summed E-state index contributed by atoms with van der Waals surface area (Å²) in [6, 6.07) is 8.30. The lowest BCUT2D eigenvalue weighted by Crippen LogP contribution is -1.92. The van der Waals surface area contributed by atoms with Crippen molar-refractivity contribution in [1.29, 1.82) is 0 Å². The second-order valence-electron chi connectivity index (χ2n) is 3.43. The molecule has 0 bridgehead atoms. The molecule has 0 atom stereocenters. The Bertz CT molecular complexity index is 476. The number of hydrogen-bond acceptors (Lipinski definition) is 2. The lowest BCUT2D eigenvalue weighted by Gasteiger charge is -2.02. The SMILES string of the molecule is Cc1cc(F)ccc1-c1ccc(CN)o1. The van der Waals surface area contributed by atoms with Crippen molar-refractivity contribution in [2.24, 2.45) is 5.73 Å². The number of furan rings is 1. The number of rotatable bonds is 2. The average Bonchev–Trinajstić information content (AvgIpc) is 2.66. The summed E-state index contributed by atoms with van der Waals surface area (Å²) in [5, 5.41) is 0. The summed E-state index contributed by atoms with van der Waals surface area (Å²) in [6.45, 7) is 2.23. The summed E-state index contributed by atoms with van der Waals surface area (Å²) >= 11 is 0. The fraction of sp³-hybridized carbons (Fsp3) is 0.167. The van der Waals surface area contributed by atoms with Crippen molar-refractivity contribution in [3.05, 3.63) is 47.5 Å². The van der Waals surface area contributed by atoms with Crippen LogP contribution in [0.25, 0.3) is 11.3 Å². The molecule has 3 heteroatoms. The maximum atomic E-state index is 12.9. The molecule has 2 N–H and O–H groups in total. The van der Waals surface area contributed by atoms with Crippen molar-refractivity contribution in [1.82, 2.24) is 0 Å². The second kappa shape index (κ2) is 3.87. The first kappa shape index (κ1) is 9.93. The first-order valence-electron chi connectivity index (χ1n) is 4.76. The van der Waals surface area contributed by atoms with Gasteiger partial charge in [0.15, 0.2) is 0 Å². The summed E-state index contributed by atoms with van der Waals surface area (Å²) in [7, 11) is 0. The van der Waals surface area contributed by atoms with Crippen LogP contribution in [0.4, 0.5) is 4.39 Å². The molecule has 1 heterocycles. The van der Waals surface area contributed by atoms with E-state index in [1.165, 1.54) is 12.1 Å². The van der Waals surface area contributed by atoms with Crippen LogP contribution in [0.15, 0.2) is 34.7 Å². The van der Waals surface area contributed by atoms with E-state index in [2.05, 4.69) is 0 Å². The standard InChI is InChI=1S/C12H12FNO/c1-8-6-9(13)2-4-11(8)12-5-3-10(7-14)15-12/h2-6H,7,14H2,1H3. The van der Waals surface area contributed by atoms with Gasteiger partial charge in [0, 0.05) is 5.56 Å². The zero-order chi connectivity index (χ0) is 10.8. The molecular weight excluding hydrogens is 193 g/mol. The van der Waals surface area contributed by atoms with Crippen LogP contribution in [-0.4, -0.2) is 0 Å². The van der Waals surface area contributed by atoms with Gasteiger partial charge in [0.05, 0.1) is 6.54 Å². The fourth-order valence-electron chi connectivity index (χ4n) is 1.54. The van der Waals surface area contributed by atoms with E-state index in [-0.39, 0.29) is 5.82 Å². The maximum absolute atomic E-state index is 12.9. The van der Waals surface area contributed by atoms with Crippen LogP contribution in [0.2, 0.25) is 0 Å². The number of halogens is 1. The van der Waals surface area contributed by atoms with Gasteiger partial charge in [0.2, 0.25) is 0 Å². The highest BCUT2D eigenvalue weighted by Crippen LogP contribution is 2.25. The molecule has 0 aliphatic heterocycles. The smallest absolute Gasteiger partial charge is 0.134 e. The monoisotopic (exact) mass is 205 g/mol. The Balaban J connectivity index is 2.44. The molecule has 0 aliphatic carbocycles. The molecule has 2 aromatic rings. The Hall–Kier alpha value is -1.61. The van der Waals surface area contributed by atoms with E-state index < -0.39 is 0 Å². The first-order chi connectivity index (χ1) is 7.20. The molecule has 0 amide bonds. The molecule has 1 aromatic carbocycles. The van der Waals surface area contributed by atoms with Gasteiger partial charge < -0.3 is 10.2 Å². The summed E-state index contributed by atoms with van der Waals surface area (Å²) < 4.78 is 18.4. The topological polar surface area (TPSA) is 39.2 Å². The van der Waals surface area contributed by atoms with Crippen LogP contribution >= 0.6 is 0 Å². The predicted molar refractivity (Wildman–Crippen MR) is 56.7 cm³/mol. The normalized spacial score (nSPS) is 10.6. The highest BCUT2D eigenvalue weighted by Gasteiger charge is 2.07. The van der Waals surface area contributed by atoms with Gasteiger partial charge in [-0.2, -0.15) is 0 Å². The lowest BCUT2D eigenvalue weighted by molar-refractivity contribution is 0.525. The fourth-order valence-corrected chi connectivity index (χ4v) is 1.54. The van der Waals surface area contributed by atoms with E-state index >= 15 is 0 Å². The van der Waals surface area contributed by atoms with Crippen molar-refractivity contribution < 1.29 is 8.81 Å². The molecule has 15 heavy (non-hydrogen) atoms. The molecule has 0 fully saturated rings. The molecular formula is C12H12FNO. The summed E-state index contributed by atoms with van der Waals surface area (Å²) in [5.74, 6) is 1.23. The number of aryl methyl sites for hydroxylation is 1. The van der Waals surface area contributed by atoms with E-state index in [4.69, 9.17) is 10.2 Å². The molecule has 0 unspecified atom stereocenters. The Kier molecular flexibility index (Phi) is 2.56. The highest BCUT2D eigenvalue weighted by molar-refractivity contribution is 5.61. The third-order valence-corrected chi connectivity index (χ3v) is 2.32. The number of benzene rings is 1. The van der Waals surface area contributed by atoms with Gasteiger partial charge in [-0.3, -0.25) is 0 Å². The second-order valence-corrected chi connectivity index (χ2v) is 3.43. The molecule has 2 rings (SSSR count). The first-order valence-corrected chi connectivity index (χ1v) is 4.76. The zero-order valence-corrected chi connectivity index (χ0v) is 8.46. The van der Waals surface area contributed by atoms with Crippen molar-refractivity contribution in [3.8, 4) is 11.3 Å². The van der Waals surface area contributed by atoms with E-state index in [1.807, 2.05) is 19.1 Å². The van der Waals surface area contributed by atoms with E-state index in [9.17, 15) is 4.39 Å². The molecule has 0 aliphatic rings. The van der Waals surface area contributed by atoms with Gasteiger partial charge in [-0.25, -0.2) is 4.39 Å². The van der Waals surface area contributed by atoms with Gasteiger partial charge in [-0.1, -0.05) is 0 Å². The minimum Gasteiger partial charge on any atom is -0.460 e. The largest absolute Gasteiger partial charge is 0.460 e. The Morgan fingerprint density at radius 3 is 2.67 bits per heavy atom. The van der Waals surface area contributed by atoms with E-state index in [0.717, 1.165) is 22.6 Å². The molecule has 0 saturated heterocycles. The Morgan fingerprint density at radius 1 is 1.27 bits per heavy atom.